The molecule has 1 amide bonds. The van der Waals surface area contributed by atoms with E-state index in [0.29, 0.717) is 18.0 Å². The van der Waals surface area contributed by atoms with E-state index in [1.165, 1.54) is 17.4 Å². The number of non-ortho nitro benzene ring substituents is 1. The summed E-state index contributed by atoms with van der Waals surface area (Å²) < 4.78 is 0. The van der Waals surface area contributed by atoms with E-state index in [2.05, 4.69) is 10.3 Å². The predicted octanol–water partition coefficient (Wildman–Crippen LogP) is 4.13. The highest BCUT2D eigenvalue weighted by Gasteiger charge is 2.13. The van der Waals surface area contributed by atoms with Gasteiger partial charge in [-0.05, 0) is 18.1 Å². The Labute approximate surface area is 154 Å². The summed E-state index contributed by atoms with van der Waals surface area (Å²) in [6.07, 6.45) is 0.833. The summed E-state index contributed by atoms with van der Waals surface area (Å²) in [5.41, 5.74) is 2.67. The Balaban J connectivity index is 1.68. The Bertz CT molecular complexity index is 938. The van der Waals surface area contributed by atoms with Crippen LogP contribution in [0.1, 0.15) is 21.7 Å². The molecule has 1 heterocycles. The normalized spacial score (nSPS) is 10.5. The Hall–Kier alpha value is -3.06. The van der Waals surface area contributed by atoms with Gasteiger partial charge in [-0.1, -0.05) is 42.5 Å². The lowest BCUT2D eigenvalue weighted by atomic mass is 10.1. The summed E-state index contributed by atoms with van der Waals surface area (Å²) in [5.74, 6) is -0.119. The molecule has 0 fully saturated rings. The number of anilines is 1. The molecule has 3 aromatic rings. The largest absolute Gasteiger partial charge is 0.302 e. The number of carbonyl (C=O) groups excluding carboxylic acids is 1. The van der Waals surface area contributed by atoms with Gasteiger partial charge in [0.05, 0.1) is 17.0 Å². The van der Waals surface area contributed by atoms with Crippen molar-refractivity contribution in [2.75, 3.05) is 5.32 Å². The molecule has 0 unspecified atom stereocenters. The van der Waals surface area contributed by atoms with Gasteiger partial charge >= 0.3 is 0 Å². The highest BCUT2D eigenvalue weighted by Crippen LogP contribution is 2.26. The van der Waals surface area contributed by atoms with Crippen molar-refractivity contribution in [3.05, 3.63) is 86.4 Å². The van der Waals surface area contributed by atoms with E-state index in [9.17, 15) is 14.9 Å². The van der Waals surface area contributed by atoms with Crippen molar-refractivity contribution in [1.82, 2.24) is 4.98 Å². The third-order valence-corrected chi connectivity index (χ3v) is 4.91. The van der Waals surface area contributed by atoms with E-state index in [4.69, 9.17) is 0 Å². The van der Waals surface area contributed by atoms with E-state index >= 15 is 0 Å². The maximum absolute atomic E-state index is 12.2. The van der Waals surface area contributed by atoms with Gasteiger partial charge in [0.25, 0.3) is 5.69 Å². The number of carbonyl (C=O) groups is 1. The first-order chi connectivity index (χ1) is 12.5. The molecule has 3 rings (SSSR count). The molecule has 0 aliphatic carbocycles. The van der Waals surface area contributed by atoms with E-state index in [1.807, 2.05) is 43.3 Å². The second-order valence-electron chi connectivity index (χ2n) is 5.84. The van der Waals surface area contributed by atoms with Gasteiger partial charge in [0.1, 0.15) is 0 Å². The van der Waals surface area contributed by atoms with Crippen molar-refractivity contribution in [1.29, 1.82) is 0 Å². The van der Waals surface area contributed by atoms with Crippen LogP contribution in [0.2, 0.25) is 0 Å². The quantitative estimate of drug-likeness (QED) is 0.524. The van der Waals surface area contributed by atoms with Crippen molar-refractivity contribution >= 4 is 28.1 Å². The van der Waals surface area contributed by atoms with Gasteiger partial charge in [-0.25, -0.2) is 4.98 Å². The van der Waals surface area contributed by atoms with Crippen LogP contribution in [0.4, 0.5) is 10.8 Å². The maximum Gasteiger partial charge on any atom is 0.269 e. The minimum absolute atomic E-state index is 0.0704. The van der Waals surface area contributed by atoms with Gasteiger partial charge in [0.15, 0.2) is 5.13 Å². The summed E-state index contributed by atoms with van der Waals surface area (Å²) in [5, 5.41) is 14.3. The van der Waals surface area contributed by atoms with Gasteiger partial charge < -0.3 is 5.32 Å². The second kappa shape index (κ2) is 7.88. The molecule has 6 nitrogen and oxygen atoms in total. The van der Waals surface area contributed by atoms with Gasteiger partial charge in [-0.3, -0.25) is 14.9 Å². The van der Waals surface area contributed by atoms with Crippen molar-refractivity contribution in [3.63, 3.8) is 0 Å². The number of hydrogen-bond acceptors (Lipinski definition) is 5. The number of aryl methyl sites for hydroxylation is 1. The number of hydrogen-bond donors (Lipinski definition) is 1. The number of rotatable bonds is 6. The third-order valence-electron chi connectivity index (χ3n) is 3.83. The molecule has 0 radical (unpaired) electrons. The molecule has 1 N–H and O–H groups in total. The molecule has 132 valence electrons. The molecule has 0 atom stereocenters. The molecule has 2 aromatic carbocycles. The first-order valence-electron chi connectivity index (χ1n) is 8.04. The van der Waals surface area contributed by atoms with E-state index in [0.717, 1.165) is 21.7 Å². The maximum atomic E-state index is 12.2. The Morgan fingerprint density at radius 3 is 2.62 bits per heavy atom. The average Bonchev–Trinajstić information content (AvgIpc) is 2.94. The van der Waals surface area contributed by atoms with Crippen LogP contribution in [-0.4, -0.2) is 15.8 Å². The zero-order valence-corrected chi connectivity index (χ0v) is 15.0. The van der Waals surface area contributed by atoms with Crippen molar-refractivity contribution < 1.29 is 9.72 Å². The van der Waals surface area contributed by atoms with Crippen LogP contribution < -0.4 is 5.32 Å². The SMILES string of the molecule is Cc1nc(NC(=O)Cc2ccccc2)sc1Cc1cccc([N+](=O)[O-])c1. The summed E-state index contributed by atoms with van der Waals surface area (Å²) in [6, 6.07) is 16.1. The lowest BCUT2D eigenvalue weighted by molar-refractivity contribution is -0.384. The zero-order valence-electron chi connectivity index (χ0n) is 14.1. The van der Waals surface area contributed by atoms with Gasteiger partial charge in [0.2, 0.25) is 5.91 Å². The summed E-state index contributed by atoms with van der Waals surface area (Å²) >= 11 is 1.39. The standard InChI is InChI=1S/C19H17N3O3S/c1-13-17(11-15-8-5-9-16(10-15)22(24)25)26-19(20-13)21-18(23)12-14-6-3-2-4-7-14/h2-10H,11-12H2,1H3,(H,20,21,23). The fraction of sp³-hybridized carbons (Fsp3) is 0.158. The third kappa shape index (κ3) is 4.52. The molecular weight excluding hydrogens is 350 g/mol. The van der Waals surface area contributed by atoms with Crippen molar-refractivity contribution in [2.45, 2.75) is 19.8 Å². The lowest BCUT2D eigenvalue weighted by Crippen LogP contribution is -2.14. The van der Waals surface area contributed by atoms with Crippen LogP contribution >= 0.6 is 11.3 Å². The minimum atomic E-state index is -0.405. The topological polar surface area (TPSA) is 85.1 Å². The van der Waals surface area contributed by atoms with E-state index in [-0.39, 0.29) is 11.6 Å². The second-order valence-corrected chi connectivity index (χ2v) is 6.93. The molecule has 0 aliphatic rings. The number of nitrogens with one attached hydrogen (secondary N) is 1. The number of aromatic nitrogens is 1. The fourth-order valence-corrected chi connectivity index (χ4v) is 3.57. The number of thiazole rings is 1. The molecule has 0 saturated heterocycles. The van der Waals surface area contributed by atoms with Crippen LogP contribution in [-0.2, 0) is 17.6 Å². The summed E-state index contributed by atoms with van der Waals surface area (Å²) in [4.78, 5) is 28.0. The van der Waals surface area contributed by atoms with Crippen LogP contribution in [0.25, 0.3) is 0 Å². The number of benzene rings is 2. The smallest absolute Gasteiger partial charge is 0.269 e. The van der Waals surface area contributed by atoms with Crippen molar-refractivity contribution in [3.8, 4) is 0 Å². The molecule has 0 bridgehead atoms. The minimum Gasteiger partial charge on any atom is -0.302 e. The lowest BCUT2D eigenvalue weighted by Gasteiger charge is -2.01. The predicted molar refractivity (Wildman–Crippen MR) is 102 cm³/mol. The Morgan fingerprint density at radius 2 is 1.88 bits per heavy atom. The zero-order chi connectivity index (χ0) is 18.5. The monoisotopic (exact) mass is 367 g/mol. The molecule has 1 aromatic heterocycles. The fourth-order valence-electron chi connectivity index (χ4n) is 2.56. The van der Waals surface area contributed by atoms with E-state index < -0.39 is 4.92 Å². The van der Waals surface area contributed by atoms with Crippen LogP contribution in [0.5, 0.6) is 0 Å². The number of nitrogens with zero attached hydrogens (tertiary/aromatic N) is 2. The number of nitro groups is 1. The highest BCUT2D eigenvalue weighted by molar-refractivity contribution is 7.15. The Kier molecular flexibility index (Phi) is 5.38. The van der Waals surface area contributed by atoms with Crippen LogP contribution in [0, 0.1) is 17.0 Å². The van der Waals surface area contributed by atoms with Gasteiger partial charge in [-0.2, -0.15) is 0 Å². The molecular formula is C19H17N3O3S. The molecule has 26 heavy (non-hydrogen) atoms. The average molecular weight is 367 g/mol. The molecule has 0 spiro atoms. The highest BCUT2D eigenvalue weighted by atomic mass is 32.1. The summed E-state index contributed by atoms with van der Waals surface area (Å²) in [6.45, 7) is 1.87. The molecule has 7 heteroatoms. The number of amides is 1. The first-order valence-corrected chi connectivity index (χ1v) is 8.86. The van der Waals surface area contributed by atoms with Gasteiger partial charge in [0, 0.05) is 23.4 Å². The van der Waals surface area contributed by atoms with Crippen LogP contribution in [0.15, 0.2) is 54.6 Å². The first kappa shape index (κ1) is 17.8. The molecule has 0 saturated carbocycles. The van der Waals surface area contributed by atoms with E-state index in [1.54, 1.807) is 12.1 Å². The van der Waals surface area contributed by atoms with Gasteiger partial charge in [-0.15, -0.1) is 11.3 Å². The molecule has 0 aliphatic heterocycles. The van der Waals surface area contributed by atoms with Crippen LogP contribution in [0.3, 0.4) is 0 Å². The number of nitro benzene ring substituents is 1. The van der Waals surface area contributed by atoms with Crippen molar-refractivity contribution in [2.24, 2.45) is 0 Å². The summed E-state index contributed by atoms with van der Waals surface area (Å²) in [7, 11) is 0. The Morgan fingerprint density at radius 1 is 1.15 bits per heavy atom.